The van der Waals surface area contributed by atoms with Crippen molar-refractivity contribution in [3.05, 3.63) is 34.1 Å². The summed E-state index contributed by atoms with van der Waals surface area (Å²) in [6, 6.07) is 5.77. The van der Waals surface area contributed by atoms with Crippen molar-refractivity contribution >= 4 is 22.9 Å². The van der Waals surface area contributed by atoms with Gasteiger partial charge in [-0.2, -0.15) is 0 Å². The molecule has 0 radical (unpaired) electrons. The van der Waals surface area contributed by atoms with Gasteiger partial charge in [0.1, 0.15) is 0 Å². The van der Waals surface area contributed by atoms with E-state index in [0.29, 0.717) is 29.6 Å². The molecule has 27 heavy (non-hydrogen) atoms. The third-order valence-corrected chi connectivity index (χ3v) is 5.87. The molecule has 1 fully saturated rings. The standard InChI is InChI=1S/C20H27N3O3S/c1-23-16(13-27-20(23)22-14-7-5-4-6-8-14)12-19(24)21-15-9-10-17(25-2)18(11-15)26-3/h9-11,13-14H,4-8,12H2,1-3H3,(H,21,24). The van der Waals surface area contributed by atoms with E-state index in [2.05, 4.69) is 5.32 Å². The fourth-order valence-electron chi connectivity index (χ4n) is 3.33. The molecule has 1 heterocycles. The number of ether oxygens (including phenoxy) is 2. The van der Waals surface area contributed by atoms with E-state index in [1.165, 1.54) is 32.1 Å². The summed E-state index contributed by atoms with van der Waals surface area (Å²) in [5.74, 6) is 1.15. The molecule has 0 unspecified atom stereocenters. The normalized spacial score (nSPS) is 15.6. The van der Waals surface area contributed by atoms with Gasteiger partial charge in [0, 0.05) is 29.9 Å². The zero-order chi connectivity index (χ0) is 19.2. The maximum Gasteiger partial charge on any atom is 0.230 e. The van der Waals surface area contributed by atoms with Crippen LogP contribution < -0.4 is 19.6 Å². The van der Waals surface area contributed by atoms with Gasteiger partial charge < -0.3 is 19.4 Å². The van der Waals surface area contributed by atoms with Crippen LogP contribution in [-0.2, 0) is 18.3 Å². The Balaban J connectivity index is 1.67. The number of nitrogens with zero attached hydrogens (tertiary/aromatic N) is 2. The number of carbonyl (C=O) groups excluding carboxylic acids is 1. The first-order valence-corrected chi connectivity index (χ1v) is 10.2. The number of benzene rings is 1. The van der Waals surface area contributed by atoms with Gasteiger partial charge in [0.15, 0.2) is 16.3 Å². The summed E-state index contributed by atoms with van der Waals surface area (Å²) in [7, 11) is 5.14. The van der Waals surface area contributed by atoms with E-state index in [9.17, 15) is 4.79 Å². The first-order chi connectivity index (χ1) is 13.1. The van der Waals surface area contributed by atoms with Gasteiger partial charge in [-0.05, 0) is 25.0 Å². The van der Waals surface area contributed by atoms with Crippen LogP contribution in [0.25, 0.3) is 0 Å². The van der Waals surface area contributed by atoms with Gasteiger partial charge in [0.2, 0.25) is 5.91 Å². The minimum absolute atomic E-state index is 0.0696. The summed E-state index contributed by atoms with van der Waals surface area (Å²) in [5.41, 5.74) is 1.65. The van der Waals surface area contributed by atoms with Crippen molar-refractivity contribution in [1.82, 2.24) is 4.57 Å². The second-order valence-corrected chi connectivity index (χ2v) is 7.62. The number of thiazole rings is 1. The molecule has 0 saturated heterocycles. The summed E-state index contributed by atoms with van der Waals surface area (Å²) >= 11 is 1.61. The Kier molecular flexibility index (Phi) is 6.55. The molecule has 1 saturated carbocycles. The first-order valence-electron chi connectivity index (χ1n) is 9.30. The first kappa shape index (κ1) is 19.5. The van der Waals surface area contributed by atoms with Crippen molar-refractivity contribution in [2.45, 2.75) is 44.6 Å². The monoisotopic (exact) mass is 389 g/mol. The molecular formula is C20H27N3O3S. The van der Waals surface area contributed by atoms with Crippen LogP contribution in [-0.4, -0.2) is 30.7 Å². The van der Waals surface area contributed by atoms with Crippen LogP contribution in [0.2, 0.25) is 0 Å². The van der Waals surface area contributed by atoms with Crippen molar-refractivity contribution in [2.75, 3.05) is 19.5 Å². The Morgan fingerprint density at radius 2 is 1.96 bits per heavy atom. The zero-order valence-corrected chi connectivity index (χ0v) is 17.0. The molecule has 1 amide bonds. The lowest BCUT2D eigenvalue weighted by Gasteiger charge is -2.16. The van der Waals surface area contributed by atoms with Gasteiger partial charge in [-0.25, -0.2) is 0 Å². The molecule has 2 aromatic rings. The van der Waals surface area contributed by atoms with E-state index >= 15 is 0 Å². The largest absolute Gasteiger partial charge is 0.493 e. The van der Waals surface area contributed by atoms with Crippen LogP contribution in [0.1, 0.15) is 37.8 Å². The predicted molar refractivity (Wildman–Crippen MR) is 108 cm³/mol. The van der Waals surface area contributed by atoms with Crippen LogP contribution in [0.5, 0.6) is 11.5 Å². The van der Waals surface area contributed by atoms with Crippen LogP contribution >= 0.6 is 11.3 Å². The molecule has 0 aliphatic heterocycles. The SMILES string of the molecule is COc1ccc(NC(=O)Cc2csc(=NC3CCCCC3)n2C)cc1OC. The molecule has 0 bridgehead atoms. The highest BCUT2D eigenvalue weighted by Crippen LogP contribution is 2.29. The minimum Gasteiger partial charge on any atom is -0.493 e. The Morgan fingerprint density at radius 3 is 2.67 bits per heavy atom. The van der Waals surface area contributed by atoms with Crippen molar-refractivity contribution in [2.24, 2.45) is 12.0 Å². The molecule has 1 aromatic carbocycles. The fraction of sp³-hybridized carbons (Fsp3) is 0.500. The van der Waals surface area contributed by atoms with E-state index < -0.39 is 0 Å². The number of aromatic nitrogens is 1. The molecule has 146 valence electrons. The topological polar surface area (TPSA) is 64.8 Å². The minimum atomic E-state index is -0.0696. The Bertz CT molecular complexity index is 850. The van der Waals surface area contributed by atoms with Crippen LogP contribution in [0.4, 0.5) is 5.69 Å². The van der Waals surface area contributed by atoms with E-state index in [0.717, 1.165) is 10.5 Å². The maximum atomic E-state index is 12.5. The summed E-state index contributed by atoms with van der Waals surface area (Å²) in [5, 5.41) is 4.94. The molecule has 0 spiro atoms. The second-order valence-electron chi connectivity index (χ2n) is 6.78. The summed E-state index contributed by atoms with van der Waals surface area (Å²) in [4.78, 5) is 18.4. The zero-order valence-electron chi connectivity index (χ0n) is 16.2. The summed E-state index contributed by atoms with van der Waals surface area (Å²) in [6.45, 7) is 0. The Labute approximate surface area is 163 Å². The molecule has 7 heteroatoms. The van der Waals surface area contributed by atoms with Crippen molar-refractivity contribution in [3.63, 3.8) is 0 Å². The van der Waals surface area contributed by atoms with Gasteiger partial charge in [0.25, 0.3) is 0 Å². The van der Waals surface area contributed by atoms with Gasteiger partial charge in [-0.15, -0.1) is 11.3 Å². The highest BCUT2D eigenvalue weighted by atomic mass is 32.1. The highest BCUT2D eigenvalue weighted by Gasteiger charge is 2.14. The lowest BCUT2D eigenvalue weighted by Crippen LogP contribution is -2.22. The van der Waals surface area contributed by atoms with Gasteiger partial charge in [0.05, 0.1) is 26.7 Å². The van der Waals surface area contributed by atoms with Crippen LogP contribution in [0.3, 0.4) is 0 Å². The number of nitrogens with one attached hydrogen (secondary N) is 1. The lowest BCUT2D eigenvalue weighted by molar-refractivity contribution is -0.115. The van der Waals surface area contributed by atoms with Gasteiger partial charge in [-0.1, -0.05) is 19.3 Å². The highest BCUT2D eigenvalue weighted by molar-refractivity contribution is 7.07. The third kappa shape index (κ3) is 4.91. The second kappa shape index (κ2) is 9.08. The van der Waals surface area contributed by atoms with E-state index in [-0.39, 0.29) is 5.91 Å². The number of hydrogen-bond donors (Lipinski definition) is 1. The molecule has 0 atom stereocenters. The van der Waals surface area contributed by atoms with E-state index in [1.54, 1.807) is 43.8 Å². The molecule has 1 aromatic heterocycles. The Hall–Kier alpha value is -2.28. The number of carbonyl (C=O) groups is 1. The number of hydrogen-bond acceptors (Lipinski definition) is 5. The average Bonchev–Trinajstić information content (AvgIpc) is 3.02. The van der Waals surface area contributed by atoms with Crippen molar-refractivity contribution in [1.29, 1.82) is 0 Å². The van der Waals surface area contributed by atoms with Crippen LogP contribution in [0.15, 0.2) is 28.6 Å². The van der Waals surface area contributed by atoms with Crippen molar-refractivity contribution in [3.8, 4) is 11.5 Å². The average molecular weight is 390 g/mol. The van der Waals surface area contributed by atoms with Gasteiger partial charge in [-0.3, -0.25) is 9.79 Å². The lowest BCUT2D eigenvalue weighted by atomic mass is 9.96. The van der Waals surface area contributed by atoms with E-state index in [1.807, 2.05) is 17.0 Å². The van der Waals surface area contributed by atoms with Gasteiger partial charge >= 0.3 is 0 Å². The van der Waals surface area contributed by atoms with Crippen LogP contribution in [0, 0.1) is 0 Å². The molecule has 1 N–H and O–H groups in total. The summed E-state index contributed by atoms with van der Waals surface area (Å²) in [6.07, 6.45) is 6.51. The molecule has 1 aliphatic rings. The molecule has 1 aliphatic carbocycles. The third-order valence-electron chi connectivity index (χ3n) is 4.89. The smallest absolute Gasteiger partial charge is 0.230 e. The summed E-state index contributed by atoms with van der Waals surface area (Å²) < 4.78 is 12.5. The number of methoxy groups -OCH3 is 2. The molecular weight excluding hydrogens is 362 g/mol. The molecule has 6 nitrogen and oxygen atoms in total. The van der Waals surface area contributed by atoms with E-state index in [4.69, 9.17) is 14.5 Å². The van der Waals surface area contributed by atoms with Crippen molar-refractivity contribution < 1.29 is 14.3 Å². The number of rotatable bonds is 6. The number of anilines is 1. The predicted octanol–water partition coefficient (Wildman–Crippen LogP) is 3.52. The fourth-order valence-corrected chi connectivity index (χ4v) is 4.30. The quantitative estimate of drug-likeness (QED) is 0.822. The Morgan fingerprint density at radius 1 is 1.22 bits per heavy atom. The maximum absolute atomic E-state index is 12.5. The molecule has 3 rings (SSSR count). The number of amides is 1.